The second-order valence-corrected chi connectivity index (χ2v) is 3.98. The molecular weight excluding hydrogens is 183 g/mol. The van der Waals surface area contributed by atoms with Crippen LogP contribution in [0.1, 0.15) is 26.2 Å². The average Bonchev–Trinajstić information content (AvgIpc) is 2.16. The van der Waals surface area contributed by atoms with Crippen LogP contribution < -0.4 is 0 Å². The lowest BCUT2D eigenvalue weighted by atomic mass is 9.93. The first-order valence-electron chi connectivity index (χ1n) is 5.06. The van der Waals surface area contributed by atoms with Crippen LogP contribution in [0, 0.1) is 0 Å². The van der Waals surface area contributed by atoms with Crippen molar-refractivity contribution in [3.63, 3.8) is 0 Å². The lowest BCUT2D eigenvalue weighted by Gasteiger charge is -2.31. The van der Waals surface area contributed by atoms with E-state index in [0.717, 1.165) is 24.2 Å². The Morgan fingerprint density at radius 2 is 2.43 bits per heavy atom. The van der Waals surface area contributed by atoms with Gasteiger partial charge in [-0.2, -0.15) is 0 Å². The average molecular weight is 198 g/mol. The molecule has 0 fully saturated rings. The van der Waals surface area contributed by atoms with E-state index < -0.39 is 12.3 Å². The van der Waals surface area contributed by atoms with Gasteiger partial charge in [0.25, 0.3) is 0 Å². The third kappa shape index (κ3) is 1.82. The van der Waals surface area contributed by atoms with Gasteiger partial charge in [-0.25, -0.2) is 4.39 Å². The molecule has 2 aliphatic rings. The van der Waals surface area contributed by atoms with Crippen LogP contribution in [0.25, 0.3) is 0 Å². The number of rotatable bonds is 1. The van der Waals surface area contributed by atoms with Crippen molar-refractivity contribution in [3.8, 4) is 0 Å². The smallest absolute Gasteiger partial charge is 0.124 e. The van der Waals surface area contributed by atoms with Crippen LogP contribution in [0.4, 0.5) is 4.39 Å². The van der Waals surface area contributed by atoms with E-state index >= 15 is 0 Å². The molecule has 3 unspecified atom stereocenters. The zero-order chi connectivity index (χ0) is 10.1. The summed E-state index contributed by atoms with van der Waals surface area (Å²) in [6.07, 6.45) is 3.85. The second kappa shape index (κ2) is 3.73. The fourth-order valence-electron chi connectivity index (χ4n) is 1.94. The lowest BCUT2D eigenvalue weighted by molar-refractivity contribution is -0.00535. The Bertz CT molecular complexity index is 281. The molecule has 0 saturated carbocycles. The summed E-state index contributed by atoms with van der Waals surface area (Å²) in [6.45, 7) is 1.72. The molecule has 2 nitrogen and oxygen atoms in total. The molecule has 0 spiro atoms. The standard InChI is InChI=1S/C11H15FO2/c1-7(13)10-4-2-8-6-9(12)3-5-11(8)14-10/h3,5,7,9-10,13H,2,4,6H2,1H3. The number of allylic oxidation sites excluding steroid dienone is 3. The van der Waals surface area contributed by atoms with Crippen molar-refractivity contribution in [1.82, 2.24) is 0 Å². The molecule has 1 N–H and O–H groups in total. The largest absolute Gasteiger partial charge is 0.488 e. The van der Waals surface area contributed by atoms with Crippen LogP contribution in [-0.2, 0) is 4.74 Å². The van der Waals surface area contributed by atoms with Gasteiger partial charge < -0.3 is 9.84 Å². The van der Waals surface area contributed by atoms with Gasteiger partial charge in [0.05, 0.1) is 6.10 Å². The molecule has 0 amide bonds. The number of aliphatic hydroxyl groups is 1. The summed E-state index contributed by atoms with van der Waals surface area (Å²) in [4.78, 5) is 0. The molecule has 1 heterocycles. The maximum atomic E-state index is 13.0. The van der Waals surface area contributed by atoms with Crippen molar-refractivity contribution < 1.29 is 14.2 Å². The molecular formula is C11H15FO2. The van der Waals surface area contributed by atoms with Gasteiger partial charge in [0, 0.05) is 6.42 Å². The first kappa shape index (κ1) is 9.71. The van der Waals surface area contributed by atoms with Crippen molar-refractivity contribution >= 4 is 0 Å². The summed E-state index contributed by atoms with van der Waals surface area (Å²) in [5.41, 5.74) is 1.05. The van der Waals surface area contributed by atoms with Crippen molar-refractivity contribution in [3.05, 3.63) is 23.5 Å². The highest BCUT2D eigenvalue weighted by atomic mass is 19.1. The topological polar surface area (TPSA) is 29.5 Å². The van der Waals surface area contributed by atoms with Crippen LogP contribution in [0.5, 0.6) is 0 Å². The van der Waals surface area contributed by atoms with Gasteiger partial charge in [0.2, 0.25) is 0 Å². The Morgan fingerprint density at radius 1 is 1.64 bits per heavy atom. The fraction of sp³-hybridized carbons (Fsp3) is 0.636. The predicted molar refractivity (Wildman–Crippen MR) is 51.5 cm³/mol. The van der Waals surface area contributed by atoms with Crippen LogP contribution in [-0.4, -0.2) is 23.5 Å². The predicted octanol–water partition coefficient (Wildman–Crippen LogP) is 2.10. The van der Waals surface area contributed by atoms with Crippen molar-refractivity contribution in [2.75, 3.05) is 0 Å². The van der Waals surface area contributed by atoms with Gasteiger partial charge in [-0.05, 0) is 37.5 Å². The highest BCUT2D eigenvalue weighted by Crippen LogP contribution is 2.32. The molecule has 0 aromatic heterocycles. The minimum Gasteiger partial charge on any atom is -0.488 e. The van der Waals surface area contributed by atoms with E-state index in [2.05, 4.69) is 0 Å². The van der Waals surface area contributed by atoms with Gasteiger partial charge in [0.1, 0.15) is 18.0 Å². The van der Waals surface area contributed by atoms with E-state index in [1.54, 1.807) is 13.0 Å². The summed E-state index contributed by atoms with van der Waals surface area (Å²) in [5.74, 6) is 0.774. The maximum Gasteiger partial charge on any atom is 0.124 e. The van der Waals surface area contributed by atoms with E-state index in [0.29, 0.717) is 6.42 Å². The maximum absolute atomic E-state index is 13.0. The highest BCUT2D eigenvalue weighted by Gasteiger charge is 2.27. The van der Waals surface area contributed by atoms with E-state index in [9.17, 15) is 9.50 Å². The number of aliphatic hydroxyl groups excluding tert-OH is 1. The number of alkyl halides is 1. The molecule has 3 atom stereocenters. The van der Waals surface area contributed by atoms with Crippen molar-refractivity contribution in [2.45, 2.75) is 44.6 Å². The Hall–Kier alpha value is -0.830. The Kier molecular flexibility index (Phi) is 2.59. The SMILES string of the molecule is CC(O)C1CCC2=C(C=CC(F)C2)O1. The third-order valence-electron chi connectivity index (χ3n) is 2.79. The fourth-order valence-corrected chi connectivity index (χ4v) is 1.94. The molecule has 0 bridgehead atoms. The van der Waals surface area contributed by atoms with Crippen molar-refractivity contribution in [1.29, 1.82) is 0 Å². The van der Waals surface area contributed by atoms with Gasteiger partial charge in [-0.15, -0.1) is 0 Å². The molecule has 0 aromatic carbocycles. The molecule has 1 aliphatic heterocycles. The van der Waals surface area contributed by atoms with Crippen LogP contribution in [0.15, 0.2) is 23.5 Å². The van der Waals surface area contributed by atoms with Crippen LogP contribution in [0.2, 0.25) is 0 Å². The summed E-state index contributed by atoms with van der Waals surface area (Å²) < 4.78 is 18.6. The molecule has 1 aliphatic carbocycles. The summed E-state index contributed by atoms with van der Waals surface area (Å²) in [6, 6.07) is 0. The normalized spacial score (nSPS) is 33.6. The molecule has 0 aromatic rings. The molecule has 0 saturated heterocycles. The van der Waals surface area contributed by atoms with Gasteiger partial charge in [0.15, 0.2) is 0 Å². The number of hydrogen-bond acceptors (Lipinski definition) is 2. The molecule has 78 valence electrons. The third-order valence-corrected chi connectivity index (χ3v) is 2.79. The minimum absolute atomic E-state index is 0.130. The minimum atomic E-state index is -0.861. The number of hydrogen-bond donors (Lipinski definition) is 1. The van der Waals surface area contributed by atoms with Crippen LogP contribution >= 0.6 is 0 Å². The highest BCUT2D eigenvalue weighted by molar-refractivity contribution is 5.28. The van der Waals surface area contributed by atoms with Gasteiger partial charge in [-0.3, -0.25) is 0 Å². The zero-order valence-corrected chi connectivity index (χ0v) is 8.24. The molecule has 2 rings (SSSR count). The van der Waals surface area contributed by atoms with E-state index in [4.69, 9.17) is 4.74 Å². The van der Waals surface area contributed by atoms with E-state index in [1.165, 1.54) is 6.08 Å². The van der Waals surface area contributed by atoms with E-state index in [-0.39, 0.29) is 6.10 Å². The Balaban J connectivity index is 2.10. The quantitative estimate of drug-likeness (QED) is 0.699. The second-order valence-electron chi connectivity index (χ2n) is 3.98. The van der Waals surface area contributed by atoms with E-state index in [1.807, 2.05) is 0 Å². The molecule has 3 heteroatoms. The van der Waals surface area contributed by atoms with Crippen LogP contribution in [0.3, 0.4) is 0 Å². The lowest BCUT2D eigenvalue weighted by Crippen LogP contribution is -2.30. The summed E-state index contributed by atoms with van der Waals surface area (Å²) >= 11 is 0. The summed E-state index contributed by atoms with van der Waals surface area (Å²) in [7, 11) is 0. The first-order chi connectivity index (χ1) is 6.66. The Labute approximate surface area is 83.1 Å². The summed E-state index contributed by atoms with van der Waals surface area (Å²) in [5, 5.41) is 9.37. The molecule has 0 radical (unpaired) electrons. The van der Waals surface area contributed by atoms with Crippen molar-refractivity contribution in [2.24, 2.45) is 0 Å². The molecule has 14 heavy (non-hydrogen) atoms. The first-order valence-corrected chi connectivity index (χ1v) is 5.06. The number of halogens is 1. The number of ether oxygens (including phenoxy) is 1. The zero-order valence-electron chi connectivity index (χ0n) is 8.24. The Morgan fingerprint density at radius 3 is 3.14 bits per heavy atom. The van der Waals surface area contributed by atoms with Gasteiger partial charge in [-0.1, -0.05) is 0 Å². The van der Waals surface area contributed by atoms with Gasteiger partial charge >= 0.3 is 0 Å². The monoisotopic (exact) mass is 198 g/mol.